The average molecular weight is 321 g/mol. The van der Waals surface area contributed by atoms with Crippen LogP contribution in [0.15, 0.2) is 17.0 Å². The molecule has 0 saturated carbocycles. The Kier molecular flexibility index (Phi) is 3.16. The van der Waals surface area contributed by atoms with Crippen molar-refractivity contribution in [1.82, 2.24) is 15.4 Å². The van der Waals surface area contributed by atoms with E-state index in [9.17, 15) is 13.0 Å². The molecule has 0 atom stereocenters. The molecule has 0 aliphatic rings. The maximum atomic E-state index is 10.8. The monoisotopic (exact) mass is 320 g/mol. The normalized spacial score (nSPS) is 11.3. The van der Waals surface area contributed by atoms with Crippen molar-refractivity contribution < 1.29 is 35.4 Å². The summed E-state index contributed by atoms with van der Waals surface area (Å²) >= 11 is 0. The molecule has 1 aromatic carbocycles. The summed E-state index contributed by atoms with van der Waals surface area (Å²) in [5.41, 5.74) is 5.51. The summed E-state index contributed by atoms with van der Waals surface area (Å²) in [5.74, 6) is 0. The van der Waals surface area contributed by atoms with Gasteiger partial charge in [0, 0.05) is 0 Å². The van der Waals surface area contributed by atoms with Gasteiger partial charge in [-0.25, -0.2) is 8.42 Å². The predicted molar refractivity (Wildman–Crippen MR) is 46.3 cm³/mol. The topological polar surface area (TPSA) is 125 Å². The SMILES string of the molecule is Nc1ccc2n[nH]nc2c1S(=O)(=O)[O-].[Ag+]. The van der Waals surface area contributed by atoms with Crippen molar-refractivity contribution >= 4 is 26.8 Å². The van der Waals surface area contributed by atoms with Crippen LogP contribution in [0.4, 0.5) is 5.69 Å². The van der Waals surface area contributed by atoms with Gasteiger partial charge < -0.3 is 10.3 Å². The van der Waals surface area contributed by atoms with Gasteiger partial charge in [-0.05, 0) is 12.1 Å². The number of hydrogen-bond acceptors (Lipinski definition) is 6. The summed E-state index contributed by atoms with van der Waals surface area (Å²) < 4.78 is 32.5. The molecule has 0 saturated heterocycles. The van der Waals surface area contributed by atoms with E-state index in [2.05, 4.69) is 15.4 Å². The Balaban J connectivity index is 0.00000112. The van der Waals surface area contributed by atoms with Crippen LogP contribution < -0.4 is 5.73 Å². The zero-order chi connectivity index (χ0) is 10.3. The van der Waals surface area contributed by atoms with Gasteiger partial charge >= 0.3 is 22.4 Å². The quantitative estimate of drug-likeness (QED) is 0.412. The number of rotatable bonds is 1. The minimum Gasteiger partial charge on any atom is -0.744 e. The van der Waals surface area contributed by atoms with Gasteiger partial charge in [0.1, 0.15) is 26.0 Å². The molecule has 0 fully saturated rings. The van der Waals surface area contributed by atoms with Gasteiger partial charge in [0.2, 0.25) is 0 Å². The maximum Gasteiger partial charge on any atom is 1.00 e. The van der Waals surface area contributed by atoms with Crippen molar-refractivity contribution in [2.24, 2.45) is 0 Å². The van der Waals surface area contributed by atoms with E-state index >= 15 is 0 Å². The molecule has 0 unspecified atom stereocenters. The molecule has 0 spiro atoms. The van der Waals surface area contributed by atoms with Crippen LogP contribution in [0.25, 0.3) is 11.0 Å². The maximum absolute atomic E-state index is 10.8. The third kappa shape index (κ3) is 2.03. The van der Waals surface area contributed by atoms with Crippen molar-refractivity contribution in [2.45, 2.75) is 4.90 Å². The van der Waals surface area contributed by atoms with Crippen LogP contribution in [0.1, 0.15) is 0 Å². The molecule has 1 aromatic heterocycles. The van der Waals surface area contributed by atoms with Gasteiger partial charge in [-0.2, -0.15) is 15.4 Å². The van der Waals surface area contributed by atoms with Crippen LogP contribution in [-0.4, -0.2) is 28.4 Å². The van der Waals surface area contributed by atoms with Gasteiger partial charge in [-0.15, -0.1) is 0 Å². The van der Waals surface area contributed by atoms with E-state index < -0.39 is 15.0 Å². The first-order chi connectivity index (χ1) is 6.50. The smallest absolute Gasteiger partial charge is 0.744 e. The summed E-state index contributed by atoms with van der Waals surface area (Å²) in [4.78, 5) is -0.524. The number of benzene rings is 1. The van der Waals surface area contributed by atoms with Crippen LogP contribution in [0.5, 0.6) is 0 Å². The van der Waals surface area contributed by atoms with E-state index in [1.54, 1.807) is 0 Å². The van der Waals surface area contributed by atoms with Crippen LogP contribution in [0, 0.1) is 0 Å². The van der Waals surface area contributed by atoms with Crippen LogP contribution in [-0.2, 0) is 32.5 Å². The van der Waals surface area contributed by atoms with Crippen LogP contribution >= 0.6 is 0 Å². The van der Waals surface area contributed by atoms with E-state index in [0.29, 0.717) is 0 Å². The van der Waals surface area contributed by atoms with Crippen molar-refractivity contribution in [3.05, 3.63) is 12.1 Å². The first-order valence-corrected chi connectivity index (χ1v) is 4.96. The number of aromatic nitrogens is 3. The summed E-state index contributed by atoms with van der Waals surface area (Å²) in [5, 5.41) is 9.41. The molecular formula is C6H5AgN4O3S. The predicted octanol–water partition coefficient (Wildman–Crippen LogP) is -0.558. The molecular weight excluding hydrogens is 316 g/mol. The van der Waals surface area contributed by atoms with Gasteiger partial charge in [-0.3, -0.25) is 0 Å². The Labute approximate surface area is 100 Å². The second kappa shape index (κ2) is 3.91. The molecule has 0 bridgehead atoms. The summed E-state index contributed by atoms with van der Waals surface area (Å²) in [7, 11) is -4.63. The summed E-state index contributed by atoms with van der Waals surface area (Å²) in [6.45, 7) is 0. The summed E-state index contributed by atoms with van der Waals surface area (Å²) in [6.07, 6.45) is 0. The second-order valence-corrected chi connectivity index (χ2v) is 3.95. The fourth-order valence-corrected chi connectivity index (χ4v) is 1.91. The van der Waals surface area contributed by atoms with Crippen molar-refractivity contribution in [3.63, 3.8) is 0 Å². The van der Waals surface area contributed by atoms with Gasteiger partial charge in [0.05, 0.1) is 5.69 Å². The second-order valence-electron chi connectivity index (χ2n) is 2.63. The Bertz CT molecular complexity index is 593. The Morgan fingerprint density at radius 3 is 2.60 bits per heavy atom. The number of fused-ring (bicyclic) bond motifs is 1. The largest absolute Gasteiger partial charge is 1.00 e. The van der Waals surface area contributed by atoms with Crippen LogP contribution in [0.3, 0.4) is 0 Å². The molecule has 7 nitrogen and oxygen atoms in total. The fourth-order valence-electron chi connectivity index (χ4n) is 1.17. The molecule has 0 aliphatic heterocycles. The molecule has 0 radical (unpaired) electrons. The Morgan fingerprint density at radius 1 is 1.33 bits per heavy atom. The summed E-state index contributed by atoms with van der Waals surface area (Å²) in [6, 6.07) is 2.78. The van der Waals surface area contributed by atoms with Crippen molar-refractivity contribution in [1.29, 1.82) is 0 Å². The molecule has 1 heterocycles. The third-order valence-electron chi connectivity index (χ3n) is 1.72. The van der Waals surface area contributed by atoms with Crippen LogP contribution in [0.2, 0.25) is 0 Å². The minimum atomic E-state index is -4.63. The number of anilines is 1. The van der Waals surface area contributed by atoms with E-state index in [4.69, 9.17) is 5.73 Å². The number of nitrogens with one attached hydrogen (secondary N) is 1. The van der Waals surface area contributed by atoms with E-state index in [0.717, 1.165) is 0 Å². The molecule has 0 aliphatic carbocycles. The molecule has 0 amide bonds. The first kappa shape index (κ1) is 12.1. The Hall–Kier alpha value is -0.930. The fraction of sp³-hybridized carbons (Fsp3) is 0. The molecule has 9 heteroatoms. The molecule has 84 valence electrons. The van der Waals surface area contributed by atoms with Gasteiger partial charge in [0.25, 0.3) is 0 Å². The van der Waals surface area contributed by atoms with Gasteiger partial charge in [0.15, 0.2) is 0 Å². The van der Waals surface area contributed by atoms with Crippen molar-refractivity contribution in [3.8, 4) is 0 Å². The van der Waals surface area contributed by atoms with E-state index in [-0.39, 0.29) is 39.1 Å². The third-order valence-corrected chi connectivity index (χ3v) is 2.65. The van der Waals surface area contributed by atoms with Crippen molar-refractivity contribution in [2.75, 3.05) is 5.73 Å². The first-order valence-electron chi connectivity index (χ1n) is 3.55. The zero-order valence-corrected chi connectivity index (χ0v) is 9.36. The molecule has 2 rings (SSSR count). The average Bonchev–Trinajstić information content (AvgIpc) is 2.48. The Morgan fingerprint density at radius 2 is 2.00 bits per heavy atom. The number of aromatic amines is 1. The number of nitrogens with two attached hydrogens (primary N) is 1. The standard InChI is InChI=1S/C6H6N4O3S.Ag/c7-3-1-2-4-5(9-10-8-4)6(3)14(11,12)13;/h1-2H,7H2,(H,8,9,10)(H,11,12,13);/q;+1/p-1. The van der Waals surface area contributed by atoms with E-state index in [1.807, 2.05) is 0 Å². The molecule has 15 heavy (non-hydrogen) atoms. The number of nitrogen functional groups attached to an aromatic ring is 1. The zero-order valence-electron chi connectivity index (χ0n) is 7.06. The van der Waals surface area contributed by atoms with Gasteiger partial charge in [-0.1, -0.05) is 0 Å². The number of H-pyrrole nitrogens is 1. The minimum absolute atomic E-state index is 0. The van der Waals surface area contributed by atoms with E-state index in [1.165, 1.54) is 12.1 Å². The number of nitrogens with zero attached hydrogens (tertiary/aromatic N) is 2. The number of hydrogen-bond donors (Lipinski definition) is 2. The molecule has 3 N–H and O–H groups in total. The molecule has 2 aromatic rings.